The van der Waals surface area contributed by atoms with Crippen LogP contribution in [0.2, 0.25) is 0 Å². The lowest BCUT2D eigenvalue weighted by atomic mass is 9.87. The number of pyridine rings is 1. The number of halogens is 1. The third-order valence-corrected chi connectivity index (χ3v) is 2.31. The van der Waals surface area contributed by atoms with E-state index in [0.717, 1.165) is 16.6 Å². The van der Waals surface area contributed by atoms with Crippen LogP contribution in [0.5, 0.6) is 0 Å². The summed E-state index contributed by atoms with van der Waals surface area (Å²) in [6.45, 7) is 6.29. The standard InChI is InChI=1S/C11H13FN2/c1-11(2,3)9-6-14-10-8(9)4-7(12)5-13-10/h4-6H,1-3H3,(H,13,14). The second kappa shape index (κ2) is 2.80. The van der Waals surface area contributed by atoms with Gasteiger partial charge in [-0.25, -0.2) is 9.37 Å². The fourth-order valence-corrected chi connectivity index (χ4v) is 1.60. The molecule has 1 N–H and O–H groups in total. The van der Waals surface area contributed by atoms with Gasteiger partial charge >= 0.3 is 0 Å². The van der Waals surface area contributed by atoms with Gasteiger partial charge in [-0.05, 0) is 17.0 Å². The predicted molar refractivity (Wildman–Crippen MR) is 54.8 cm³/mol. The monoisotopic (exact) mass is 192 g/mol. The van der Waals surface area contributed by atoms with Crippen LogP contribution in [0.15, 0.2) is 18.5 Å². The summed E-state index contributed by atoms with van der Waals surface area (Å²) in [5.74, 6) is -0.289. The third-order valence-electron chi connectivity index (χ3n) is 2.31. The molecule has 0 aliphatic rings. The Bertz CT molecular complexity index is 466. The van der Waals surface area contributed by atoms with E-state index in [4.69, 9.17) is 0 Å². The van der Waals surface area contributed by atoms with Crippen LogP contribution in [-0.2, 0) is 5.41 Å². The van der Waals surface area contributed by atoms with Crippen molar-refractivity contribution in [2.45, 2.75) is 26.2 Å². The van der Waals surface area contributed by atoms with Gasteiger partial charge < -0.3 is 4.98 Å². The second-order valence-electron chi connectivity index (χ2n) is 4.50. The minimum atomic E-state index is -0.289. The summed E-state index contributed by atoms with van der Waals surface area (Å²) in [6, 6.07) is 1.53. The average Bonchev–Trinajstić information content (AvgIpc) is 2.45. The molecule has 2 aromatic rings. The van der Waals surface area contributed by atoms with E-state index < -0.39 is 0 Å². The maximum atomic E-state index is 13.0. The molecule has 0 saturated carbocycles. The molecule has 0 aliphatic carbocycles. The van der Waals surface area contributed by atoms with Crippen molar-refractivity contribution < 1.29 is 4.39 Å². The molecule has 0 aromatic carbocycles. The first kappa shape index (κ1) is 9.19. The molecular weight excluding hydrogens is 179 g/mol. The van der Waals surface area contributed by atoms with E-state index >= 15 is 0 Å². The van der Waals surface area contributed by atoms with Crippen molar-refractivity contribution in [3.8, 4) is 0 Å². The van der Waals surface area contributed by atoms with Crippen LogP contribution in [0.3, 0.4) is 0 Å². The van der Waals surface area contributed by atoms with Crippen LogP contribution >= 0.6 is 0 Å². The molecule has 3 heteroatoms. The van der Waals surface area contributed by atoms with Gasteiger partial charge in [0.2, 0.25) is 0 Å². The molecule has 2 aromatic heterocycles. The lowest BCUT2D eigenvalue weighted by molar-refractivity contribution is 0.594. The summed E-state index contributed by atoms with van der Waals surface area (Å²) < 4.78 is 13.0. The number of nitrogens with zero attached hydrogens (tertiary/aromatic N) is 1. The summed E-state index contributed by atoms with van der Waals surface area (Å²) in [5, 5.41) is 0.873. The first-order valence-electron chi connectivity index (χ1n) is 4.61. The van der Waals surface area contributed by atoms with E-state index in [1.165, 1.54) is 12.3 Å². The van der Waals surface area contributed by atoms with Gasteiger partial charge in [-0.3, -0.25) is 0 Å². The van der Waals surface area contributed by atoms with E-state index in [0.29, 0.717) is 0 Å². The molecule has 0 radical (unpaired) electrons. The van der Waals surface area contributed by atoms with E-state index in [1.54, 1.807) is 0 Å². The minimum absolute atomic E-state index is 0.00766. The predicted octanol–water partition coefficient (Wildman–Crippen LogP) is 3.00. The fraction of sp³-hybridized carbons (Fsp3) is 0.364. The van der Waals surface area contributed by atoms with Gasteiger partial charge in [0.1, 0.15) is 11.5 Å². The van der Waals surface area contributed by atoms with Crippen molar-refractivity contribution in [1.29, 1.82) is 0 Å². The number of H-pyrrole nitrogens is 1. The summed E-state index contributed by atoms with van der Waals surface area (Å²) in [5.41, 5.74) is 1.85. The van der Waals surface area contributed by atoms with E-state index in [9.17, 15) is 4.39 Å². The Hall–Kier alpha value is -1.38. The zero-order valence-corrected chi connectivity index (χ0v) is 8.56. The van der Waals surface area contributed by atoms with Crippen molar-refractivity contribution >= 4 is 11.0 Å². The highest BCUT2D eigenvalue weighted by Crippen LogP contribution is 2.29. The molecule has 0 aliphatic heterocycles. The molecule has 0 amide bonds. The van der Waals surface area contributed by atoms with Crippen LogP contribution in [0.4, 0.5) is 4.39 Å². The van der Waals surface area contributed by atoms with Crippen LogP contribution < -0.4 is 0 Å². The zero-order valence-electron chi connectivity index (χ0n) is 8.56. The average molecular weight is 192 g/mol. The highest BCUT2D eigenvalue weighted by molar-refractivity contribution is 5.80. The Balaban J connectivity index is 2.73. The highest BCUT2D eigenvalue weighted by Gasteiger charge is 2.18. The lowest BCUT2D eigenvalue weighted by Crippen LogP contribution is -2.09. The summed E-state index contributed by atoms with van der Waals surface area (Å²) in [4.78, 5) is 7.03. The normalized spacial score (nSPS) is 12.3. The Labute approximate surface area is 82.2 Å². The highest BCUT2D eigenvalue weighted by atomic mass is 19.1. The number of aromatic amines is 1. The van der Waals surface area contributed by atoms with Crippen LogP contribution in [0.1, 0.15) is 26.3 Å². The van der Waals surface area contributed by atoms with E-state index in [-0.39, 0.29) is 11.2 Å². The maximum absolute atomic E-state index is 13.0. The van der Waals surface area contributed by atoms with Crippen LogP contribution in [-0.4, -0.2) is 9.97 Å². The summed E-state index contributed by atoms with van der Waals surface area (Å²) >= 11 is 0. The molecule has 0 atom stereocenters. The lowest BCUT2D eigenvalue weighted by Gasteiger charge is -2.16. The number of fused-ring (bicyclic) bond motifs is 1. The van der Waals surface area contributed by atoms with Gasteiger partial charge in [0.15, 0.2) is 0 Å². The number of hydrogen-bond donors (Lipinski definition) is 1. The quantitative estimate of drug-likeness (QED) is 0.683. The smallest absolute Gasteiger partial charge is 0.142 e. The minimum Gasteiger partial charge on any atom is -0.346 e. The summed E-state index contributed by atoms with van der Waals surface area (Å²) in [6.07, 6.45) is 3.13. The van der Waals surface area contributed by atoms with Crippen molar-refractivity contribution in [3.63, 3.8) is 0 Å². The van der Waals surface area contributed by atoms with E-state index in [1.807, 2.05) is 6.20 Å². The number of hydrogen-bond acceptors (Lipinski definition) is 1. The third kappa shape index (κ3) is 1.39. The number of rotatable bonds is 0. The zero-order chi connectivity index (χ0) is 10.3. The molecular formula is C11H13FN2. The number of aromatic nitrogens is 2. The van der Waals surface area contributed by atoms with Gasteiger partial charge in [0, 0.05) is 11.6 Å². The molecule has 14 heavy (non-hydrogen) atoms. The molecule has 0 fully saturated rings. The van der Waals surface area contributed by atoms with Gasteiger partial charge in [0.25, 0.3) is 0 Å². The molecule has 0 unspecified atom stereocenters. The van der Waals surface area contributed by atoms with Crippen molar-refractivity contribution in [1.82, 2.24) is 9.97 Å². The molecule has 0 bridgehead atoms. The van der Waals surface area contributed by atoms with Gasteiger partial charge in [-0.1, -0.05) is 20.8 Å². The largest absolute Gasteiger partial charge is 0.346 e. The Morgan fingerprint density at radius 3 is 2.71 bits per heavy atom. The topological polar surface area (TPSA) is 28.7 Å². The molecule has 2 rings (SSSR count). The van der Waals surface area contributed by atoms with Gasteiger partial charge in [0.05, 0.1) is 6.20 Å². The SMILES string of the molecule is CC(C)(C)c1c[nH]c2ncc(F)cc12. The van der Waals surface area contributed by atoms with Gasteiger partial charge in [-0.2, -0.15) is 0 Å². The van der Waals surface area contributed by atoms with Crippen LogP contribution in [0, 0.1) is 5.82 Å². The summed E-state index contributed by atoms with van der Waals surface area (Å²) in [7, 11) is 0. The first-order chi connectivity index (χ1) is 6.48. The molecule has 2 heterocycles. The van der Waals surface area contributed by atoms with Crippen molar-refractivity contribution in [2.75, 3.05) is 0 Å². The molecule has 0 spiro atoms. The Morgan fingerprint density at radius 2 is 2.07 bits per heavy atom. The molecule has 74 valence electrons. The van der Waals surface area contributed by atoms with Gasteiger partial charge in [-0.15, -0.1) is 0 Å². The second-order valence-corrected chi connectivity index (χ2v) is 4.50. The maximum Gasteiger partial charge on any atom is 0.142 e. The van der Waals surface area contributed by atoms with Crippen molar-refractivity contribution in [2.24, 2.45) is 0 Å². The number of nitrogens with one attached hydrogen (secondary N) is 1. The van der Waals surface area contributed by atoms with Crippen molar-refractivity contribution in [3.05, 3.63) is 29.8 Å². The molecule has 0 saturated heterocycles. The Morgan fingerprint density at radius 1 is 1.36 bits per heavy atom. The first-order valence-corrected chi connectivity index (χ1v) is 4.61. The van der Waals surface area contributed by atoms with Crippen LogP contribution in [0.25, 0.3) is 11.0 Å². The fourth-order valence-electron chi connectivity index (χ4n) is 1.60. The van der Waals surface area contributed by atoms with E-state index in [2.05, 4.69) is 30.7 Å². The molecule has 2 nitrogen and oxygen atoms in total. The Kier molecular flexibility index (Phi) is 1.84.